The Morgan fingerprint density at radius 3 is 2.79 bits per heavy atom. The van der Waals surface area contributed by atoms with Crippen LogP contribution in [0.3, 0.4) is 0 Å². The molecule has 0 atom stereocenters. The molecule has 2 aliphatic rings. The van der Waals surface area contributed by atoms with Gasteiger partial charge in [0.15, 0.2) is 0 Å². The smallest absolute Gasteiger partial charge is 0.0373 e. The van der Waals surface area contributed by atoms with Crippen LogP contribution in [0.15, 0.2) is 47.2 Å². The lowest BCUT2D eigenvalue weighted by Crippen LogP contribution is -2.03. The minimum atomic E-state index is 0.604. The van der Waals surface area contributed by atoms with Crippen molar-refractivity contribution in [2.24, 2.45) is 5.92 Å². The first-order chi connectivity index (χ1) is 6.77. The van der Waals surface area contributed by atoms with Gasteiger partial charge in [0, 0.05) is 12.2 Å². The number of fused-ring (bicyclic) bond motifs is 1. The fraction of sp³-hybridized carbons (Fsp3) is 0.385. The zero-order valence-electron chi connectivity index (χ0n) is 8.88. The standard InChI is InChI=1S/C13H17N/c1-10(2)11-5-3-4-6-13-12(9-11)7-8-14-13/h3-6,9-10,14H,7-8H2,1-2H3/b4-3-,5-3?,6-4?,11-5+,11-9?,12-9-,13-6+. The van der Waals surface area contributed by atoms with E-state index in [4.69, 9.17) is 0 Å². The van der Waals surface area contributed by atoms with Gasteiger partial charge < -0.3 is 5.32 Å². The lowest BCUT2D eigenvalue weighted by Gasteiger charge is -2.09. The van der Waals surface area contributed by atoms with Gasteiger partial charge in [0.25, 0.3) is 0 Å². The summed E-state index contributed by atoms with van der Waals surface area (Å²) < 4.78 is 0. The van der Waals surface area contributed by atoms with Crippen molar-refractivity contribution >= 4 is 0 Å². The average Bonchev–Trinajstić information content (AvgIpc) is 2.50. The van der Waals surface area contributed by atoms with Gasteiger partial charge >= 0.3 is 0 Å². The van der Waals surface area contributed by atoms with Gasteiger partial charge in [0.2, 0.25) is 0 Å². The summed E-state index contributed by atoms with van der Waals surface area (Å²) in [6.45, 7) is 5.56. The quantitative estimate of drug-likeness (QED) is 0.665. The van der Waals surface area contributed by atoms with E-state index < -0.39 is 0 Å². The Labute approximate surface area is 85.9 Å². The predicted octanol–water partition coefficient (Wildman–Crippen LogP) is 2.94. The topological polar surface area (TPSA) is 12.0 Å². The van der Waals surface area contributed by atoms with E-state index in [0.717, 1.165) is 13.0 Å². The molecule has 1 saturated heterocycles. The molecule has 1 aliphatic heterocycles. The summed E-state index contributed by atoms with van der Waals surface area (Å²) in [4.78, 5) is 0. The molecule has 0 saturated carbocycles. The third-order valence-corrected chi connectivity index (χ3v) is 2.73. The second kappa shape index (κ2) is 3.87. The van der Waals surface area contributed by atoms with Crippen LogP contribution in [0.5, 0.6) is 0 Å². The molecule has 0 amide bonds. The second-order valence-electron chi connectivity index (χ2n) is 4.13. The molecule has 1 nitrogen and oxygen atoms in total. The van der Waals surface area contributed by atoms with Crippen molar-refractivity contribution in [1.82, 2.24) is 5.32 Å². The van der Waals surface area contributed by atoms with Gasteiger partial charge in [-0.2, -0.15) is 0 Å². The Kier molecular flexibility index (Phi) is 2.58. The highest BCUT2D eigenvalue weighted by Crippen LogP contribution is 2.24. The Morgan fingerprint density at radius 2 is 2.00 bits per heavy atom. The second-order valence-corrected chi connectivity index (χ2v) is 4.13. The van der Waals surface area contributed by atoms with Crippen molar-refractivity contribution in [3.63, 3.8) is 0 Å². The number of allylic oxidation sites excluding steroid dienone is 7. The zero-order valence-corrected chi connectivity index (χ0v) is 8.88. The van der Waals surface area contributed by atoms with Crippen LogP contribution in [-0.2, 0) is 0 Å². The van der Waals surface area contributed by atoms with Crippen molar-refractivity contribution < 1.29 is 0 Å². The molecule has 0 spiro atoms. The monoisotopic (exact) mass is 187 g/mol. The van der Waals surface area contributed by atoms with Gasteiger partial charge in [-0.3, -0.25) is 0 Å². The fourth-order valence-electron chi connectivity index (χ4n) is 1.82. The van der Waals surface area contributed by atoms with E-state index in [1.807, 2.05) is 0 Å². The third-order valence-electron chi connectivity index (χ3n) is 2.73. The summed E-state index contributed by atoms with van der Waals surface area (Å²) >= 11 is 0. The van der Waals surface area contributed by atoms with Gasteiger partial charge in [0.05, 0.1) is 0 Å². The summed E-state index contributed by atoms with van der Waals surface area (Å²) in [5.41, 5.74) is 4.17. The number of hydrogen-bond acceptors (Lipinski definition) is 1. The number of rotatable bonds is 1. The van der Waals surface area contributed by atoms with E-state index in [1.54, 1.807) is 0 Å². The van der Waals surface area contributed by atoms with Crippen LogP contribution >= 0.6 is 0 Å². The summed E-state index contributed by atoms with van der Waals surface area (Å²) in [5, 5.41) is 3.40. The zero-order chi connectivity index (χ0) is 9.97. The Hall–Kier alpha value is -1.24. The Morgan fingerprint density at radius 1 is 1.21 bits per heavy atom. The van der Waals surface area contributed by atoms with Crippen LogP contribution in [0.2, 0.25) is 0 Å². The van der Waals surface area contributed by atoms with E-state index in [2.05, 4.69) is 49.5 Å². The molecule has 0 aromatic heterocycles. The van der Waals surface area contributed by atoms with Crippen LogP contribution in [-0.4, -0.2) is 6.54 Å². The molecular formula is C13H17N. The largest absolute Gasteiger partial charge is 0.384 e. The first kappa shape index (κ1) is 9.32. The number of hydrogen-bond donors (Lipinski definition) is 1. The first-order valence-corrected chi connectivity index (χ1v) is 5.31. The van der Waals surface area contributed by atoms with Crippen LogP contribution in [0.1, 0.15) is 20.3 Å². The number of nitrogens with one attached hydrogen (secondary N) is 1. The molecule has 14 heavy (non-hydrogen) atoms. The Balaban J connectivity index is 2.35. The molecule has 2 rings (SSSR count). The molecule has 1 heteroatoms. The molecule has 1 N–H and O–H groups in total. The van der Waals surface area contributed by atoms with E-state index in [0.29, 0.717) is 5.92 Å². The molecule has 1 heterocycles. The first-order valence-electron chi connectivity index (χ1n) is 5.31. The van der Waals surface area contributed by atoms with E-state index in [-0.39, 0.29) is 0 Å². The maximum absolute atomic E-state index is 3.40. The van der Waals surface area contributed by atoms with Crippen LogP contribution in [0, 0.1) is 5.92 Å². The molecule has 0 radical (unpaired) electrons. The minimum Gasteiger partial charge on any atom is -0.384 e. The maximum atomic E-state index is 3.40. The average molecular weight is 187 g/mol. The molecule has 1 aliphatic carbocycles. The SMILES string of the molecule is CC(C)C1=C/C=C\C=C2\NCC\C2=C\1. The van der Waals surface area contributed by atoms with Gasteiger partial charge in [0.1, 0.15) is 0 Å². The highest BCUT2D eigenvalue weighted by Gasteiger charge is 2.13. The van der Waals surface area contributed by atoms with Crippen molar-refractivity contribution in [1.29, 1.82) is 0 Å². The van der Waals surface area contributed by atoms with Gasteiger partial charge in [-0.05, 0) is 29.6 Å². The lowest BCUT2D eigenvalue weighted by atomic mass is 9.97. The molecular weight excluding hydrogens is 170 g/mol. The van der Waals surface area contributed by atoms with E-state index >= 15 is 0 Å². The van der Waals surface area contributed by atoms with Crippen molar-refractivity contribution in [3.05, 3.63) is 47.2 Å². The van der Waals surface area contributed by atoms with Crippen LogP contribution < -0.4 is 5.32 Å². The van der Waals surface area contributed by atoms with Crippen molar-refractivity contribution in [2.45, 2.75) is 20.3 Å². The van der Waals surface area contributed by atoms with E-state index in [1.165, 1.54) is 16.8 Å². The highest BCUT2D eigenvalue weighted by atomic mass is 14.9. The predicted molar refractivity (Wildman–Crippen MR) is 60.8 cm³/mol. The molecule has 1 fully saturated rings. The van der Waals surface area contributed by atoms with Gasteiger partial charge in [-0.1, -0.05) is 38.2 Å². The minimum absolute atomic E-state index is 0.604. The van der Waals surface area contributed by atoms with E-state index in [9.17, 15) is 0 Å². The van der Waals surface area contributed by atoms with Crippen molar-refractivity contribution in [2.75, 3.05) is 6.54 Å². The third kappa shape index (κ3) is 1.82. The van der Waals surface area contributed by atoms with Crippen molar-refractivity contribution in [3.8, 4) is 0 Å². The molecule has 0 aromatic rings. The fourth-order valence-corrected chi connectivity index (χ4v) is 1.82. The summed E-state index contributed by atoms with van der Waals surface area (Å²) in [7, 11) is 0. The Bertz CT molecular complexity index is 340. The lowest BCUT2D eigenvalue weighted by molar-refractivity contribution is 0.789. The summed E-state index contributed by atoms with van der Waals surface area (Å²) in [6, 6.07) is 0. The maximum Gasteiger partial charge on any atom is 0.0373 e. The van der Waals surface area contributed by atoms with Gasteiger partial charge in [-0.25, -0.2) is 0 Å². The molecule has 0 bridgehead atoms. The summed E-state index contributed by atoms with van der Waals surface area (Å²) in [5.74, 6) is 0.604. The van der Waals surface area contributed by atoms with Crippen LogP contribution in [0.25, 0.3) is 0 Å². The molecule has 74 valence electrons. The molecule has 0 aromatic carbocycles. The van der Waals surface area contributed by atoms with Crippen LogP contribution in [0.4, 0.5) is 0 Å². The normalized spacial score (nSPS) is 33.8. The highest BCUT2D eigenvalue weighted by molar-refractivity contribution is 5.44. The molecule has 0 unspecified atom stereocenters. The van der Waals surface area contributed by atoms with Gasteiger partial charge in [-0.15, -0.1) is 0 Å². The summed E-state index contributed by atoms with van der Waals surface area (Å²) in [6.07, 6.45) is 12.1.